The summed E-state index contributed by atoms with van der Waals surface area (Å²) in [5, 5.41) is 2.45. The van der Waals surface area contributed by atoms with E-state index in [0.29, 0.717) is 4.57 Å². The molecule has 2 rings (SSSR count). The summed E-state index contributed by atoms with van der Waals surface area (Å²) in [7, 11) is -3.12. The molecular formula is C13H15F4N3O5S. The third-order valence-corrected chi connectivity index (χ3v) is 5.19. The minimum atomic E-state index is -5.29. The Kier molecular flexibility index (Phi) is 4.81. The largest absolute Gasteiger partial charge is 0.468 e. The fourth-order valence-electron chi connectivity index (χ4n) is 2.23. The Morgan fingerprint density at radius 2 is 1.92 bits per heavy atom. The molecule has 1 aliphatic heterocycles. The van der Waals surface area contributed by atoms with Crippen LogP contribution in [0.2, 0.25) is 0 Å². The van der Waals surface area contributed by atoms with Crippen molar-refractivity contribution >= 4 is 14.9 Å². The molecular weight excluding hydrogens is 386 g/mol. The lowest BCUT2D eigenvalue weighted by Crippen LogP contribution is -2.34. The van der Waals surface area contributed by atoms with E-state index in [1.165, 1.54) is 13.8 Å². The Bertz CT molecular complexity index is 921. The number of oxime groups is 1. The van der Waals surface area contributed by atoms with E-state index in [1.807, 2.05) is 0 Å². The van der Waals surface area contributed by atoms with E-state index in [1.54, 1.807) is 0 Å². The molecule has 0 fully saturated rings. The minimum Gasteiger partial charge on any atom is -0.468 e. The zero-order valence-electron chi connectivity index (χ0n) is 14.1. The summed E-state index contributed by atoms with van der Waals surface area (Å²) in [4.78, 5) is 20.1. The van der Waals surface area contributed by atoms with Crippen LogP contribution in [0, 0.1) is 0 Å². The summed E-state index contributed by atoms with van der Waals surface area (Å²) >= 11 is 0. The van der Waals surface area contributed by atoms with Gasteiger partial charge in [0, 0.05) is 13.5 Å². The Morgan fingerprint density at radius 3 is 2.35 bits per heavy atom. The van der Waals surface area contributed by atoms with Gasteiger partial charge in [-0.3, -0.25) is 9.36 Å². The highest BCUT2D eigenvalue weighted by molar-refractivity contribution is 8.06. The third-order valence-electron chi connectivity index (χ3n) is 3.53. The van der Waals surface area contributed by atoms with Gasteiger partial charge in [-0.1, -0.05) is 5.16 Å². The highest BCUT2D eigenvalue weighted by atomic mass is 32.2. The second kappa shape index (κ2) is 6.21. The molecule has 146 valence electrons. The van der Waals surface area contributed by atoms with Gasteiger partial charge in [-0.2, -0.15) is 18.2 Å². The molecule has 0 N–H and O–H groups in total. The quantitative estimate of drug-likeness (QED) is 0.715. The summed E-state index contributed by atoms with van der Waals surface area (Å²) < 4.78 is 84.2. The van der Waals surface area contributed by atoms with Crippen molar-refractivity contribution in [3.8, 4) is 6.01 Å². The molecule has 0 spiro atoms. The number of sulfone groups is 1. The van der Waals surface area contributed by atoms with Crippen molar-refractivity contribution in [1.29, 1.82) is 0 Å². The summed E-state index contributed by atoms with van der Waals surface area (Å²) in [6.45, 7) is 2.92. The van der Waals surface area contributed by atoms with Crippen LogP contribution in [0.3, 0.4) is 0 Å². The zero-order valence-corrected chi connectivity index (χ0v) is 14.9. The smallest absolute Gasteiger partial charge is 0.434 e. The highest BCUT2D eigenvalue weighted by Crippen LogP contribution is 2.38. The maximum Gasteiger partial charge on any atom is 0.434 e. The van der Waals surface area contributed by atoms with Crippen LogP contribution in [0.25, 0.3) is 0 Å². The molecule has 0 amide bonds. The maximum atomic E-state index is 14.8. The van der Waals surface area contributed by atoms with Crippen molar-refractivity contribution in [2.45, 2.75) is 37.5 Å². The van der Waals surface area contributed by atoms with Gasteiger partial charge in [0.15, 0.2) is 10.7 Å². The molecule has 0 saturated heterocycles. The average Bonchev–Trinajstić information content (AvgIpc) is 2.88. The summed E-state index contributed by atoms with van der Waals surface area (Å²) in [6.07, 6.45) is -5.65. The number of rotatable bonds is 3. The fraction of sp³-hybridized carbons (Fsp3) is 0.615. The van der Waals surface area contributed by atoms with Crippen molar-refractivity contribution < 1.29 is 35.6 Å². The highest BCUT2D eigenvalue weighted by Gasteiger charge is 2.47. The first-order valence-corrected chi connectivity index (χ1v) is 8.62. The lowest BCUT2D eigenvalue weighted by Gasteiger charge is -2.17. The standard InChI is InChI=1S/C13H15F4N3O5S/c1-12(2)5-6(19-25-12)26(22,23)9(14)7-8(13(15,16)17)18-11(24-4)20(3)10(7)21/h9H,5H2,1-4H3. The van der Waals surface area contributed by atoms with Crippen molar-refractivity contribution in [2.75, 3.05) is 7.11 Å². The summed E-state index contributed by atoms with van der Waals surface area (Å²) in [5.41, 5.74) is -9.58. The number of halogens is 4. The lowest BCUT2D eigenvalue weighted by molar-refractivity contribution is -0.142. The number of methoxy groups -OCH3 is 1. The van der Waals surface area contributed by atoms with E-state index in [0.717, 1.165) is 14.2 Å². The molecule has 1 aromatic heterocycles. The first-order valence-electron chi connectivity index (χ1n) is 7.07. The SMILES string of the molecule is COc1nc(C(F)(F)F)c(C(F)S(=O)(=O)C2=NOC(C)(C)C2)c(=O)n1C. The predicted octanol–water partition coefficient (Wildman–Crippen LogP) is 1.70. The number of hydrogen-bond donors (Lipinski definition) is 0. The number of ether oxygens (including phenoxy) is 1. The van der Waals surface area contributed by atoms with E-state index in [2.05, 4.69) is 14.9 Å². The van der Waals surface area contributed by atoms with Crippen LogP contribution < -0.4 is 10.3 Å². The molecule has 1 unspecified atom stereocenters. The van der Waals surface area contributed by atoms with E-state index < -0.39 is 55.0 Å². The first-order chi connectivity index (χ1) is 11.7. The van der Waals surface area contributed by atoms with E-state index in [9.17, 15) is 30.8 Å². The average molecular weight is 401 g/mol. The normalized spacial score (nSPS) is 18.2. The molecule has 2 heterocycles. The molecule has 0 bridgehead atoms. The van der Waals surface area contributed by atoms with Gasteiger partial charge < -0.3 is 9.57 Å². The molecule has 1 atom stereocenters. The van der Waals surface area contributed by atoms with Crippen molar-refractivity contribution in [2.24, 2.45) is 12.2 Å². The number of alkyl halides is 4. The Hall–Kier alpha value is -2.18. The van der Waals surface area contributed by atoms with Crippen LogP contribution in [0.1, 0.15) is 37.0 Å². The fourth-order valence-corrected chi connectivity index (χ4v) is 3.68. The van der Waals surface area contributed by atoms with E-state index in [-0.39, 0.29) is 6.42 Å². The molecule has 0 aliphatic carbocycles. The number of hydrogen-bond acceptors (Lipinski definition) is 7. The minimum absolute atomic E-state index is 0.360. The molecule has 1 aliphatic rings. The zero-order chi connectivity index (χ0) is 20.1. The van der Waals surface area contributed by atoms with E-state index in [4.69, 9.17) is 4.84 Å². The lowest BCUT2D eigenvalue weighted by atomic mass is 10.1. The van der Waals surface area contributed by atoms with Crippen molar-refractivity contribution in [1.82, 2.24) is 9.55 Å². The summed E-state index contributed by atoms with van der Waals surface area (Å²) in [5.74, 6) is 0. The second-order valence-electron chi connectivity index (χ2n) is 6.10. The van der Waals surface area contributed by atoms with Gasteiger partial charge >= 0.3 is 6.18 Å². The van der Waals surface area contributed by atoms with Crippen molar-refractivity contribution in [3.63, 3.8) is 0 Å². The van der Waals surface area contributed by atoms with Gasteiger partial charge in [0.05, 0.1) is 12.7 Å². The van der Waals surface area contributed by atoms with Crippen LogP contribution in [0.4, 0.5) is 17.6 Å². The molecule has 0 radical (unpaired) electrons. The van der Waals surface area contributed by atoms with Crippen LogP contribution in [-0.4, -0.2) is 35.7 Å². The number of aromatic nitrogens is 2. The van der Waals surface area contributed by atoms with Crippen LogP contribution in [0.5, 0.6) is 6.01 Å². The van der Waals surface area contributed by atoms with Gasteiger partial charge in [0.2, 0.25) is 15.3 Å². The molecule has 13 heteroatoms. The number of nitrogens with zero attached hydrogens (tertiary/aromatic N) is 3. The Morgan fingerprint density at radius 1 is 1.35 bits per heavy atom. The van der Waals surface area contributed by atoms with Crippen LogP contribution >= 0.6 is 0 Å². The van der Waals surface area contributed by atoms with Crippen molar-refractivity contribution in [3.05, 3.63) is 21.6 Å². The summed E-state index contributed by atoms with van der Waals surface area (Å²) in [6, 6.07) is -0.752. The molecule has 1 aromatic rings. The van der Waals surface area contributed by atoms with Gasteiger partial charge in [-0.15, -0.1) is 0 Å². The molecule has 0 aromatic carbocycles. The first kappa shape index (κ1) is 20.1. The second-order valence-corrected chi connectivity index (χ2v) is 8.07. The van der Waals surface area contributed by atoms with Crippen LogP contribution in [-0.2, 0) is 27.9 Å². The van der Waals surface area contributed by atoms with E-state index >= 15 is 0 Å². The third kappa shape index (κ3) is 3.39. The Labute approximate surface area is 145 Å². The molecule has 0 saturated carbocycles. The molecule has 8 nitrogen and oxygen atoms in total. The van der Waals surface area contributed by atoms with Gasteiger partial charge in [-0.05, 0) is 13.8 Å². The maximum absolute atomic E-state index is 14.8. The Balaban J connectivity index is 2.68. The molecule has 26 heavy (non-hydrogen) atoms. The monoisotopic (exact) mass is 401 g/mol. The van der Waals surface area contributed by atoms with Crippen LogP contribution in [0.15, 0.2) is 9.95 Å². The predicted molar refractivity (Wildman–Crippen MR) is 81.0 cm³/mol. The van der Waals surface area contributed by atoms with Gasteiger partial charge in [0.1, 0.15) is 5.60 Å². The van der Waals surface area contributed by atoms with Gasteiger partial charge in [-0.25, -0.2) is 12.8 Å². The topological polar surface area (TPSA) is 99.9 Å². The van der Waals surface area contributed by atoms with Gasteiger partial charge in [0.25, 0.3) is 11.6 Å².